The Hall–Kier alpha value is -1.25. The van der Waals surface area contributed by atoms with Crippen molar-refractivity contribution in [2.45, 2.75) is 11.6 Å². The van der Waals surface area contributed by atoms with Crippen LogP contribution in [0.3, 0.4) is 0 Å². The summed E-state index contributed by atoms with van der Waals surface area (Å²) in [6.07, 6.45) is 2.47. The van der Waals surface area contributed by atoms with Gasteiger partial charge in [0.2, 0.25) is 0 Å². The molecule has 0 radical (unpaired) electrons. The molecule has 0 atom stereocenters. The van der Waals surface area contributed by atoms with Gasteiger partial charge in [-0.1, -0.05) is 15.9 Å². The summed E-state index contributed by atoms with van der Waals surface area (Å²) in [5, 5.41) is -0.0324. The first-order valence-corrected chi connectivity index (χ1v) is 7.18. The Labute approximate surface area is 112 Å². The van der Waals surface area contributed by atoms with Crippen LogP contribution < -0.4 is 4.72 Å². The lowest BCUT2D eigenvalue weighted by Gasteiger charge is -2.06. The topological polar surface area (TPSA) is 74.8 Å². The zero-order chi connectivity index (χ0) is 13.2. The monoisotopic (exact) mass is 333 g/mol. The van der Waals surface area contributed by atoms with Gasteiger partial charge in [-0.05, 0) is 23.8 Å². The highest BCUT2D eigenvalue weighted by Gasteiger charge is 2.15. The molecule has 0 aliphatic heterocycles. The minimum atomic E-state index is -3.66. The van der Waals surface area contributed by atoms with Crippen LogP contribution in [0.1, 0.15) is 5.56 Å². The quantitative estimate of drug-likeness (QED) is 0.895. The Morgan fingerprint density at radius 3 is 2.89 bits per heavy atom. The molecule has 2 aromatic rings. The van der Waals surface area contributed by atoms with Gasteiger partial charge < -0.3 is 4.98 Å². The number of rotatable bonds is 4. The van der Waals surface area contributed by atoms with Crippen molar-refractivity contribution in [3.05, 3.63) is 46.6 Å². The van der Waals surface area contributed by atoms with Crippen molar-refractivity contribution in [3.8, 4) is 0 Å². The van der Waals surface area contributed by atoms with E-state index in [4.69, 9.17) is 0 Å². The summed E-state index contributed by atoms with van der Waals surface area (Å²) in [4.78, 5) is 6.12. The molecule has 0 amide bonds. The van der Waals surface area contributed by atoms with Gasteiger partial charge in [-0.15, -0.1) is 0 Å². The van der Waals surface area contributed by atoms with E-state index in [-0.39, 0.29) is 11.6 Å². The van der Waals surface area contributed by atoms with Crippen LogP contribution in [0.4, 0.5) is 4.39 Å². The molecule has 0 saturated heterocycles. The lowest BCUT2D eigenvalue weighted by molar-refractivity contribution is 0.577. The largest absolute Gasteiger partial charge is 0.335 e. The van der Waals surface area contributed by atoms with Gasteiger partial charge in [-0.25, -0.2) is 22.5 Å². The number of nitrogens with one attached hydrogen (secondary N) is 2. The molecular formula is C10H9BrFN3O2S. The van der Waals surface area contributed by atoms with E-state index in [1.54, 1.807) is 0 Å². The van der Waals surface area contributed by atoms with E-state index in [9.17, 15) is 12.8 Å². The van der Waals surface area contributed by atoms with Gasteiger partial charge in [0.25, 0.3) is 10.0 Å². The average molecular weight is 334 g/mol. The molecule has 8 heteroatoms. The maximum Gasteiger partial charge on any atom is 0.257 e. The van der Waals surface area contributed by atoms with Crippen LogP contribution >= 0.6 is 15.9 Å². The molecule has 0 aliphatic carbocycles. The predicted molar refractivity (Wildman–Crippen MR) is 66.7 cm³/mol. The number of hydrogen-bond acceptors (Lipinski definition) is 3. The third-order valence-corrected chi connectivity index (χ3v) is 4.32. The highest BCUT2D eigenvalue weighted by Crippen LogP contribution is 2.18. The highest BCUT2D eigenvalue weighted by molar-refractivity contribution is 9.10. The number of sulfonamides is 1. The number of halogens is 2. The highest BCUT2D eigenvalue weighted by atomic mass is 79.9. The molecule has 2 rings (SSSR count). The molecule has 0 fully saturated rings. The van der Waals surface area contributed by atoms with Crippen molar-refractivity contribution in [2.75, 3.05) is 0 Å². The molecule has 0 saturated carbocycles. The second-order valence-electron chi connectivity index (χ2n) is 3.48. The van der Waals surface area contributed by atoms with Crippen LogP contribution in [-0.2, 0) is 16.6 Å². The summed E-state index contributed by atoms with van der Waals surface area (Å²) in [7, 11) is -3.66. The van der Waals surface area contributed by atoms with Crippen LogP contribution in [-0.4, -0.2) is 18.4 Å². The van der Waals surface area contributed by atoms with Gasteiger partial charge in [-0.2, -0.15) is 0 Å². The first-order valence-electron chi connectivity index (χ1n) is 4.91. The minimum absolute atomic E-state index is 0.0142. The molecule has 0 unspecified atom stereocenters. The van der Waals surface area contributed by atoms with Crippen molar-refractivity contribution in [2.24, 2.45) is 0 Å². The lowest BCUT2D eigenvalue weighted by Crippen LogP contribution is -2.23. The van der Waals surface area contributed by atoms with E-state index in [2.05, 4.69) is 30.6 Å². The van der Waals surface area contributed by atoms with Crippen LogP contribution in [0.2, 0.25) is 0 Å². The molecule has 96 valence electrons. The standard InChI is InChI=1S/C10H9BrFN3O2S/c11-9-2-1-8(12)3-7(9)4-15-18(16,17)10-5-13-6-14-10/h1-3,5-6,15H,4H2,(H,13,14). The van der Waals surface area contributed by atoms with Gasteiger partial charge in [0.15, 0.2) is 5.03 Å². The van der Waals surface area contributed by atoms with Gasteiger partial charge in [0, 0.05) is 11.0 Å². The molecule has 1 aromatic carbocycles. The van der Waals surface area contributed by atoms with Crippen molar-refractivity contribution >= 4 is 26.0 Å². The number of nitrogens with zero attached hydrogens (tertiary/aromatic N) is 1. The lowest BCUT2D eigenvalue weighted by atomic mass is 10.2. The fraction of sp³-hybridized carbons (Fsp3) is 0.100. The van der Waals surface area contributed by atoms with Crippen LogP contribution in [0, 0.1) is 5.82 Å². The Kier molecular flexibility index (Phi) is 3.79. The van der Waals surface area contributed by atoms with E-state index in [1.165, 1.54) is 30.7 Å². The second-order valence-corrected chi connectivity index (χ2v) is 6.07. The Balaban J connectivity index is 2.15. The van der Waals surface area contributed by atoms with Crippen LogP contribution in [0.15, 0.2) is 40.2 Å². The summed E-state index contributed by atoms with van der Waals surface area (Å²) in [6.45, 7) is -0.0142. The van der Waals surface area contributed by atoms with E-state index in [0.29, 0.717) is 10.0 Å². The molecule has 1 heterocycles. The summed E-state index contributed by atoms with van der Waals surface area (Å²) < 4.78 is 39.6. The van der Waals surface area contributed by atoms with Gasteiger partial charge in [0.1, 0.15) is 5.82 Å². The normalized spacial score (nSPS) is 11.7. The molecule has 1 aromatic heterocycles. The molecule has 5 nitrogen and oxygen atoms in total. The Morgan fingerprint density at radius 2 is 2.22 bits per heavy atom. The van der Waals surface area contributed by atoms with Crippen LogP contribution in [0.5, 0.6) is 0 Å². The molecule has 0 spiro atoms. The van der Waals surface area contributed by atoms with Crippen molar-refractivity contribution in [3.63, 3.8) is 0 Å². The van der Waals surface area contributed by atoms with Crippen molar-refractivity contribution in [1.82, 2.24) is 14.7 Å². The SMILES string of the molecule is O=S(=O)(NCc1cc(F)ccc1Br)c1cnc[nH]1. The van der Waals surface area contributed by atoms with Crippen molar-refractivity contribution in [1.29, 1.82) is 0 Å². The fourth-order valence-electron chi connectivity index (χ4n) is 1.32. The molecule has 2 N–H and O–H groups in total. The smallest absolute Gasteiger partial charge is 0.257 e. The predicted octanol–water partition coefficient (Wildman–Crippen LogP) is 1.79. The third kappa shape index (κ3) is 2.95. The summed E-state index contributed by atoms with van der Waals surface area (Å²) in [6, 6.07) is 4.08. The maximum atomic E-state index is 13.0. The average Bonchev–Trinajstić information content (AvgIpc) is 2.85. The number of imidazole rings is 1. The van der Waals surface area contributed by atoms with Crippen LogP contribution in [0.25, 0.3) is 0 Å². The molecule has 18 heavy (non-hydrogen) atoms. The van der Waals surface area contributed by atoms with Crippen molar-refractivity contribution < 1.29 is 12.8 Å². The van der Waals surface area contributed by atoms with Gasteiger partial charge in [-0.3, -0.25) is 0 Å². The molecular weight excluding hydrogens is 325 g/mol. The van der Waals surface area contributed by atoms with E-state index < -0.39 is 15.8 Å². The number of hydrogen-bond donors (Lipinski definition) is 2. The molecule has 0 aliphatic rings. The number of H-pyrrole nitrogens is 1. The zero-order valence-electron chi connectivity index (χ0n) is 9.02. The second kappa shape index (κ2) is 5.17. The summed E-state index contributed by atoms with van der Waals surface area (Å²) in [5.74, 6) is -0.422. The number of benzene rings is 1. The van der Waals surface area contributed by atoms with Gasteiger partial charge in [0.05, 0.1) is 12.5 Å². The number of aromatic nitrogens is 2. The first-order chi connectivity index (χ1) is 8.49. The Morgan fingerprint density at radius 1 is 1.44 bits per heavy atom. The summed E-state index contributed by atoms with van der Waals surface area (Å²) in [5.41, 5.74) is 0.512. The zero-order valence-corrected chi connectivity index (χ0v) is 11.4. The fourth-order valence-corrected chi connectivity index (χ4v) is 2.61. The summed E-state index contributed by atoms with van der Waals surface area (Å²) >= 11 is 3.23. The van der Waals surface area contributed by atoms with E-state index in [1.807, 2.05) is 0 Å². The molecule has 0 bridgehead atoms. The maximum absolute atomic E-state index is 13.0. The third-order valence-electron chi connectivity index (χ3n) is 2.22. The first kappa shape index (κ1) is 13.2. The van der Waals surface area contributed by atoms with E-state index >= 15 is 0 Å². The van der Waals surface area contributed by atoms with E-state index in [0.717, 1.165) is 0 Å². The van der Waals surface area contributed by atoms with Gasteiger partial charge >= 0.3 is 0 Å². The Bertz CT molecular complexity index is 643. The number of aromatic amines is 1. The minimum Gasteiger partial charge on any atom is -0.335 e.